The molecule has 1 aliphatic heterocycles. The average molecular weight is 355 g/mol. The molecule has 0 spiro atoms. The second kappa shape index (κ2) is 6.26. The van der Waals surface area contributed by atoms with Gasteiger partial charge < -0.3 is 10.6 Å². The lowest BCUT2D eigenvalue weighted by Gasteiger charge is -2.08. The minimum atomic E-state index is 0.529. The Bertz CT molecular complexity index is 1000. The highest BCUT2D eigenvalue weighted by molar-refractivity contribution is 5.67. The molecule has 2 heterocycles. The van der Waals surface area contributed by atoms with E-state index in [0.29, 0.717) is 11.6 Å². The fourth-order valence-corrected chi connectivity index (χ4v) is 4.06. The van der Waals surface area contributed by atoms with Crippen molar-refractivity contribution < 1.29 is 0 Å². The van der Waals surface area contributed by atoms with Gasteiger partial charge in [0.25, 0.3) is 0 Å². The van der Waals surface area contributed by atoms with Gasteiger partial charge in [-0.05, 0) is 43.0 Å². The third kappa shape index (κ3) is 2.88. The Morgan fingerprint density at radius 1 is 1.07 bits per heavy atom. The van der Waals surface area contributed by atoms with Crippen molar-refractivity contribution in [2.75, 3.05) is 18.4 Å². The van der Waals surface area contributed by atoms with Gasteiger partial charge in [-0.2, -0.15) is 5.26 Å². The van der Waals surface area contributed by atoms with Crippen LogP contribution in [0.1, 0.15) is 11.1 Å². The Balaban J connectivity index is 1.52. The molecule has 0 amide bonds. The van der Waals surface area contributed by atoms with E-state index < -0.39 is 0 Å². The number of hydrogen-bond acceptors (Lipinski definition) is 4. The van der Waals surface area contributed by atoms with Crippen molar-refractivity contribution >= 4 is 5.82 Å². The summed E-state index contributed by atoms with van der Waals surface area (Å²) in [6.07, 6.45) is 0. The molecule has 2 fully saturated rings. The van der Waals surface area contributed by atoms with Crippen molar-refractivity contribution in [3.63, 3.8) is 0 Å². The van der Waals surface area contributed by atoms with Gasteiger partial charge in [-0.15, -0.1) is 5.10 Å². The number of nitrogens with one attached hydrogen (secondary N) is 2. The van der Waals surface area contributed by atoms with E-state index in [1.807, 2.05) is 28.9 Å². The van der Waals surface area contributed by atoms with E-state index in [9.17, 15) is 0 Å². The maximum absolute atomic E-state index is 9.06. The SMILES string of the molecule is Cc1ccc(-c2cc(NC3C4CNCC43)nn2-c2ccc(C#N)cc2)cc1. The van der Waals surface area contributed by atoms with Gasteiger partial charge in [-0.25, -0.2) is 4.68 Å². The summed E-state index contributed by atoms with van der Waals surface area (Å²) in [5.41, 5.74) is 5.02. The lowest BCUT2D eigenvalue weighted by atomic mass is 10.1. The van der Waals surface area contributed by atoms with Crippen molar-refractivity contribution in [2.24, 2.45) is 11.8 Å². The summed E-state index contributed by atoms with van der Waals surface area (Å²) in [6, 6.07) is 20.9. The summed E-state index contributed by atoms with van der Waals surface area (Å²) >= 11 is 0. The predicted molar refractivity (Wildman–Crippen MR) is 106 cm³/mol. The average Bonchev–Trinajstić information content (AvgIpc) is 3.07. The van der Waals surface area contributed by atoms with Crippen LogP contribution in [0.3, 0.4) is 0 Å². The highest BCUT2D eigenvalue weighted by Gasteiger charge is 2.53. The monoisotopic (exact) mass is 355 g/mol. The molecule has 5 nitrogen and oxygen atoms in total. The molecule has 2 atom stereocenters. The first-order chi connectivity index (χ1) is 13.2. The molecule has 5 heteroatoms. The molecule has 27 heavy (non-hydrogen) atoms. The highest BCUT2D eigenvalue weighted by Crippen LogP contribution is 2.44. The van der Waals surface area contributed by atoms with Crippen LogP contribution in [0.2, 0.25) is 0 Å². The molecule has 1 aliphatic carbocycles. The molecule has 1 saturated carbocycles. The molecule has 2 aromatic carbocycles. The highest BCUT2D eigenvalue weighted by atomic mass is 15.3. The zero-order valence-corrected chi connectivity index (χ0v) is 15.2. The molecule has 0 radical (unpaired) electrons. The summed E-state index contributed by atoms with van der Waals surface area (Å²) in [4.78, 5) is 0. The van der Waals surface area contributed by atoms with Gasteiger partial charge >= 0.3 is 0 Å². The van der Waals surface area contributed by atoms with E-state index in [2.05, 4.69) is 54.0 Å². The summed E-state index contributed by atoms with van der Waals surface area (Å²) in [6.45, 7) is 4.29. The first-order valence-electron chi connectivity index (χ1n) is 9.38. The zero-order chi connectivity index (χ0) is 18.4. The summed E-state index contributed by atoms with van der Waals surface area (Å²) in [5, 5.41) is 21.0. The minimum Gasteiger partial charge on any atom is -0.365 e. The summed E-state index contributed by atoms with van der Waals surface area (Å²) in [5.74, 6) is 2.37. The van der Waals surface area contributed by atoms with E-state index >= 15 is 0 Å². The molecule has 2 N–H and O–H groups in total. The van der Waals surface area contributed by atoms with Gasteiger partial charge in [0, 0.05) is 30.8 Å². The van der Waals surface area contributed by atoms with Crippen LogP contribution >= 0.6 is 0 Å². The number of piperidine rings is 1. The Morgan fingerprint density at radius 2 is 1.78 bits per heavy atom. The van der Waals surface area contributed by atoms with Crippen molar-refractivity contribution in [1.29, 1.82) is 5.26 Å². The van der Waals surface area contributed by atoms with Crippen LogP contribution in [0.5, 0.6) is 0 Å². The molecule has 0 bridgehead atoms. The van der Waals surface area contributed by atoms with Crippen LogP contribution in [-0.2, 0) is 0 Å². The normalized spacial score (nSPS) is 22.9. The Labute approximate surface area is 158 Å². The molecule has 5 rings (SSSR count). The van der Waals surface area contributed by atoms with Crippen LogP contribution in [0, 0.1) is 30.1 Å². The van der Waals surface area contributed by atoms with E-state index in [4.69, 9.17) is 10.4 Å². The summed E-state index contributed by atoms with van der Waals surface area (Å²) < 4.78 is 1.96. The van der Waals surface area contributed by atoms with Crippen LogP contribution in [0.4, 0.5) is 5.82 Å². The van der Waals surface area contributed by atoms with E-state index in [0.717, 1.165) is 47.7 Å². The molecule has 2 unspecified atom stereocenters. The fraction of sp³-hybridized carbons (Fsp3) is 0.273. The maximum atomic E-state index is 9.06. The van der Waals surface area contributed by atoms with Gasteiger partial charge in [0.2, 0.25) is 0 Å². The standard InChI is InChI=1S/C22H21N5/c1-14-2-6-16(7-3-14)20-10-21(25-22-18-12-24-13-19(18)22)26-27(20)17-8-4-15(11-23)5-9-17/h2-10,18-19,22,24H,12-13H2,1H3,(H,25,26). The number of rotatable bonds is 4. The predicted octanol–water partition coefficient (Wildman–Crippen LogP) is 3.35. The molecule has 2 aliphatic rings. The lowest BCUT2D eigenvalue weighted by Crippen LogP contribution is -2.21. The minimum absolute atomic E-state index is 0.529. The third-order valence-corrected chi connectivity index (χ3v) is 5.70. The van der Waals surface area contributed by atoms with Gasteiger partial charge in [-0.3, -0.25) is 0 Å². The molecule has 3 aromatic rings. The number of hydrogen-bond donors (Lipinski definition) is 2. The van der Waals surface area contributed by atoms with Crippen molar-refractivity contribution in [1.82, 2.24) is 15.1 Å². The van der Waals surface area contributed by atoms with Crippen LogP contribution < -0.4 is 10.6 Å². The smallest absolute Gasteiger partial charge is 0.149 e. The largest absolute Gasteiger partial charge is 0.365 e. The van der Waals surface area contributed by atoms with Gasteiger partial charge in [-0.1, -0.05) is 29.8 Å². The first-order valence-corrected chi connectivity index (χ1v) is 9.38. The quantitative estimate of drug-likeness (QED) is 0.753. The van der Waals surface area contributed by atoms with Crippen LogP contribution in [0.25, 0.3) is 16.9 Å². The van der Waals surface area contributed by atoms with Gasteiger partial charge in [0.05, 0.1) is 23.0 Å². The van der Waals surface area contributed by atoms with Crippen molar-refractivity contribution in [3.8, 4) is 23.0 Å². The summed E-state index contributed by atoms with van der Waals surface area (Å²) in [7, 11) is 0. The molecular weight excluding hydrogens is 334 g/mol. The number of fused-ring (bicyclic) bond motifs is 1. The van der Waals surface area contributed by atoms with Crippen LogP contribution in [0.15, 0.2) is 54.6 Å². The number of anilines is 1. The fourth-order valence-electron chi connectivity index (χ4n) is 4.06. The maximum Gasteiger partial charge on any atom is 0.149 e. The zero-order valence-electron chi connectivity index (χ0n) is 15.2. The molecule has 134 valence electrons. The molecular formula is C22H21N5. The van der Waals surface area contributed by atoms with Gasteiger partial charge in [0.15, 0.2) is 0 Å². The van der Waals surface area contributed by atoms with E-state index in [-0.39, 0.29) is 0 Å². The van der Waals surface area contributed by atoms with Crippen molar-refractivity contribution in [2.45, 2.75) is 13.0 Å². The van der Waals surface area contributed by atoms with E-state index in [1.54, 1.807) is 0 Å². The second-order valence-corrected chi connectivity index (χ2v) is 7.51. The number of nitrogens with zero attached hydrogens (tertiary/aromatic N) is 3. The number of aryl methyl sites for hydroxylation is 1. The second-order valence-electron chi connectivity index (χ2n) is 7.51. The number of nitriles is 1. The molecule has 1 aromatic heterocycles. The number of aromatic nitrogens is 2. The Hall–Kier alpha value is -3.10. The van der Waals surface area contributed by atoms with Crippen molar-refractivity contribution in [3.05, 3.63) is 65.7 Å². The van der Waals surface area contributed by atoms with E-state index in [1.165, 1.54) is 5.56 Å². The topological polar surface area (TPSA) is 65.7 Å². The Kier molecular flexibility index (Phi) is 3.73. The Morgan fingerprint density at radius 3 is 2.44 bits per heavy atom. The third-order valence-electron chi connectivity index (χ3n) is 5.70. The van der Waals surface area contributed by atoms with Gasteiger partial charge in [0.1, 0.15) is 5.82 Å². The van der Waals surface area contributed by atoms with Crippen LogP contribution in [-0.4, -0.2) is 28.9 Å². The lowest BCUT2D eigenvalue weighted by molar-refractivity contribution is 0.694. The number of benzene rings is 2. The first kappa shape index (κ1) is 16.1. The molecule has 1 saturated heterocycles.